The maximum absolute atomic E-state index is 14.9. The van der Waals surface area contributed by atoms with Crippen molar-refractivity contribution in [2.24, 2.45) is 10.7 Å². The summed E-state index contributed by atoms with van der Waals surface area (Å²) in [6, 6.07) is 6.75. The number of ether oxygens (including phenoxy) is 4. The Kier molecular flexibility index (Phi) is 8.85. The summed E-state index contributed by atoms with van der Waals surface area (Å²) >= 11 is 0. The van der Waals surface area contributed by atoms with Crippen LogP contribution in [0.5, 0.6) is 23.0 Å². The van der Waals surface area contributed by atoms with Crippen molar-refractivity contribution >= 4 is 17.6 Å². The van der Waals surface area contributed by atoms with Crippen LogP contribution in [0.1, 0.15) is 27.6 Å². The molecule has 0 fully saturated rings. The van der Waals surface area contributed by atoms with Gasteiger partial charge in [0, 0.05) is 38.9 Å². The van der Waals surface area contributed by atoms with E-state index in [-0.39, 0.29) is 58.6 Å². The second-order valence-corrected chi connectivity index (χ2v) is 8.00. The summed E-state index contributed by atoms with van der Waals surface area (Å²) in [5.41, 5.74) is 5.97. The molecule has 1 atom stereocenters. The van der Waals surface area contributed by atoms with Crippen molar-refractivity contribution in [3.05, 3.63) is 59.6 Å². The van der Waals surface area contributed by atoms with Crippen LogP contribution in [0.3, 0.4) is 0 Å². The summed E-state index contributed by atoms with van der Waals surface area (Å²) < 4.78 is 37.3. The fourth-order valence-corrected chi connectivity index (χ4v) is 3.34. The first-order valence-corrected chi connectivity index (χ1v) is 11.1. The highest BCUT2D eigenvalue weighted by molar-refractivity contribution is 6.06. The molecule has 1 aliphatic heterocycles. The van der Waals surface area contributed by atoms with Crippen LogP contribution in [0.15, 0.2) is 47.6 Å². The Labute approximate surface area is 208 Å². The Balaban J connectivity index is 1.97. The first-order valence-electron chi connectivity index (χ1n) is 11.1. The van der Waals surface area contributed by atoms with Crippen molar-refractivity contribution in [1.29, 1.82) is 0 Å². The molecule has 2 aromatic rings. The van der Waals surface area contributed by atoms with Crippen LogP contribution in [0.4, 0.5) is 4.39 Å². The lowest BCUT2D eigenvalue weighted by atomic mass is 10.1. The molecule has 0 aromatic heterocycles. The van der Waals surface area contributed by atoms with Gasteiger partial charge in [-0.25, -0.2) is 4.39 Å². The zero-order valence-electron chi connectivity index (χ0n) is 20.5. The van der Waals surface area contributed by atoms with Crippen molar-refractivity contribution in [2.75, 3.05) is 41.0 Å². The number of rotatable bonds is 9. The van der Waals surface area contributed by atoms with Crippen molar-refractivity contribution < 1.29 is 32.9 Å². The van der Waals surface area contributed by atoms with Gasteiger partial charge in [0.15, 0.2) is 11.6 Å². The number of likely N-dealkylation sites (N-methyl/N-ethyl adjacent to an activating group) is 1. The van der Waals surface area contributed by atoms with Gasteiger partial charge in [-0.05, 0) is 37.4 Å². The number of benzene rings is 2. The molecule has 192 valence electrons. The van der Waals surface area contributed by atoms with Crippen molar-refractivity contribution in [3.8, 4) is 23.0 Å². The SMILES string of the molecule is CN/C=C\C(N)=NC(=O)c1cc(Oc2cc3c(cc2F)C(=O)N(C)CCO3)cc(OC(C)COC)c1. The van der Waals surface area contributed by atoms with Gasteiger partial charge in [-0.15, -0.1) is 0 Å². The van der Waals surface area contributed by atoms with Gasteiger partial charge in [0.2, 0.25) is 0 Å². The Morgan fingerprint density at radius 1 is 1.31 bits per heavy atom. The molecule has 0 spiro atoms. The van der Waals surface area contributed by atoms with E-state index in [2.05, 4.69) is 10.3 Å². The maximum atomic E-state index is 14.9. The molecule has 3 N–H and O–H groups in total. The summed E-state index contributed by atoms with van der Waals surface area (Å²) in [5, 5.41) is 2.75. The third-order valence-electron chi connectivity index (χ3n) is 5.04. The van der Waals surface area contributed by atoms with Crippen LogP contribution in [0.2, 0.25) is 0 Å². The fraction of sp³-hybridized carbons (Fsp3) is 0.320. The second-order valence-electron chi connectivity index (χ2n) is 8.00. The van der Waals surface area contributed by atoms with Gasteiger partial charge in [0.25, 0.3) is 11.8 Å². The van der Waals surface area contributed by atoms with Crippen molar-refractivity contribution in [2.45, 2.75) is 13.0 Å². The molecular formula is C25H29FN4O6. The standard InChI is InChI=1S/C25H29FN4O6/c1-15(14-33-4)35-17-9-16(24(31)29-23(27)5-6-28-2)10-18(11-17)36-22-13-21-19(12-20(22)26)25(32)30(3)7-8-34-21/h5-6,9-13,15,28H,7-8,14H2,1-4H3,(H2,27,29,31)/b6-5-. The van der Waals surface area contributed by atoms with E-state index < -0.39 is 11.7 Å². The zero-order chi connectivity index (χ0) is 26.2. The maximum Gasteiger partial charge on any atom is 0.279 e. The van der Waals surface area contributed by atoms with Crippen LogP contribution >= 0.6 is 0 Å². The molecule has 1 aliphatic rings. The number of amides is 2. The number of amidine groups is 1. The normalized spacial score (nSPS) is 14.6. The largest absolute Gasteiger partial charge is 0.491 e. The average molecular weight is 501 g/mol. The monoisotopic (exact) mass is 500 g/mol. The summed E-state index contributed by atoms with van der Waals surface area (Å²) in [5.74, 6) is -1.39. The highest BCUT2D eigenvalue weighted by Gasteiger charge is 2.24. The van der Waals surface area contributed by atoms with Crippen LogP contribution in [-0.2, 0) is 4.74 Å². The lowest BCUT2D eigenvalue weighted by Crippen LogP contribution is -2.27. The van der Waals surface area contributed by atoms with E-state index in [1.165, 1.54) is 48.6 Å². The number of hydrogen-bond acceptors (Lipinski definition) is 7. The quantitative estimate of drug-likeness (QED) is 0.398. The number of nitrogens with two attached hydrogens (primary N) is 1. The van der Waals surface area contributed by atoms with E-state index in [4.69, 9.17) is 24.7 Å². The molecule has 36 heavy (non-hydrogen) atoms. The van der Waals surface area contributed by atoms with Crippen molar-refractivity contribution in [3.63, 3.8) is 0 Å². The molecule has 0 saturated heterocycles. The molecule has 1 unspecified atom stereocenters. The number of carbonyl (C=O) groups excluding carboxylic acids is 2. The number of methoxy groups -OCH3 is 1. The Morgan fingerprint density at radius 2 is 2.06 bits per heavy atom. The number of aliphatic imine (C=N–C) groups is 1. The summed E-state index contributed by atoms with van der Waals surface area (Å²) in [6.45, 7) is 2.70. The topological polar surface area (TPSA) is 125 Å². The smallest absolute Gasteiger partial charge is 0.279 e. The van der Waals surface area contributed by atoms with E-state index in [0.717, 1.165) is 6.07 Å². The van der Waals surface area contributed by atoms with E-state index >= 15 is 0 Å². The Morgan fingerprint density at radius 3 is 2.78 bits per heavy atom. The number of carbonyl (C=O) groups is 2. The highest BCUT2D eigenvalue weighted by Crippen LogP contribution is 2.35. The summed E-state index contributed by atoms with van der Waals surface area (Å²) in [4.78, 5) is 30.5. The predicted molar refractivity (Wildman–Crippen MR) is 131 cm³/mol. The third-order valence-corrected chi connectivity index (χ3v) is 5.04. The van der Waals surface area contributed by atoms with Gasteiger partial charge in [0.05, 0.1) is 18.7 Å². The number of halogens is 1. The number of nitrogens with one attached hydrogen (secondary N) is 1. The molecule has 10 nitrogen and oxygen atoms in total. The van der Waals surface area contributed by atoms with Gasteiger partial charge in [-0.3, -0.25) is 9.59 Å². The fourth-order valence-electron chi connectivity index (χ4n) is 3.34. The van der Waals surface area contributed by atoms with Crippen LogP contribution < -0.4 is 25.3 Å². The van der Waals surface area contributed by atoms with Gasteiger partial charge >= 0.3 is 0 Å². The summed E-state index contributed by atoms with van der Waals surface area (Å²) in [7, 11) is 4.83. The van der Waals surface area contributed by atoms with E-state index in [0.29, 0.717) is 13.2 Å². The summed E-state index contributed by atoms with van der Waals surface area (Å²) in [6.07, 6.45) is 2.61. The highest BCUT2D eigenvalue weighted by atomic mass is 19.1. The van der Waals surface area contributed by atoms with Crippen LogP contribution in [0, 0.1) is 5.82 Å². The number of hydrogen-bond donors (Lipinski definition) is 2. The molecule has 1 heterocycles. The first-order chi connectivity index (χ1) is 17.2. The van der Waals surface area contributed by atoms with E-state index in [9.17, 15) is 14.0 Å². The average Bonchev–Trinajstić information content (AvgIpc) is 2.96. The first kappa shape index (κ1) is 26.5. The second kappa shape index (κ2) is 12.0. The molecule has 0 radical (unpaired) electrons. The number of nitrogens with zero attached hydrogens (tertiary/aromatic N) is 2. The van der Waals surface area contributed by atoms with Gasteiger partial charge in [-0.2, -0.15) is 4.99 Å². The van der Waals surface area contributed by atoms with Crippen LogP contribution in [0.25, 0.3) is 0 Å². The van der Waals surface area contributed by atoms with Gasteiger partial charge in [0.1, 0.15) is 35.8 Å². The molecule has 0 saturated carbocycles. The van der Waals surface area contributed by atoms with Gasteiger partial charge < -0.3 is 34.9 Å². The van der Waals surface area contributed by atoms with E-state index in [1.54, 1.807) is 21.0 Å². The number of fused-ring (bicyclic) bond motifs is 1. The minimum absolute atomic E-state index is 0.0144. The Hall–Kier alpha value is -4.12. The molecular weight excluding hydrogens is 471 g/mol. The molecule has 2 amide bonds. The Bertz CT molecular complexity index is 1180. The lowest BCUT2D eigenvalue weighted by molar-refractivity contribution is 0.0796. The lowest BCUT2D eigenvalue weighted by Gasteiger charge is -2.16. The van der Waals surface area contributed by atoms with Crippen molar-refractivity contribution in [1.82, 2.24) is 10.2 Å². The third kappa shape index (κ3) is 6.72. The molecule has 3 rings (SSSR count). The molecule has 2 aromatic carbocycles. The zero-order valence-corrected chi connectivity index (χ0v) is 20.5. The minimum Gasteiger partial charge on any atom is -0.491 e. The minimum atomic E-state index is -0.771. The van der Waals surface area contributed by atoms with Crippen LogP contribution in [-0.4, -0.2) is 69.6 Å². The molecule has 0 aliphatic carbocycles. The molecule has 11 heteroatoms. The molecule has 0 bridgehead atoms. The van der Waals surface area contributed by atoms with E-state index in [1.807, 2.05) is 0 Å². The predicted octanol–water partition coefficient (Wildman–Crippen LogP) is 2.73. The van der Waals surface area contributed by atoms with Gasteiger partial charge in [-0.1, -0.05) is 0 Å².